The molecule has 0 saturated heterocycles. The zero-order valence-corrected chi connectivity index (χ0v) is 42.2. The van der Waals surface area contributed by atoms with Crippen LogP contribution in [-0.2, 0) is 0 Å². The normalized spacial score (nSPS) is 8.74. The van der Waals surface area contributed by atoms with Gasteiger partial charge in [0, 0.05) is 264 Å². The Morgan fingerprint density at radius 3 is 1.15 bits per heavy atom. The molecule has 27 heavy (non-hydrogen) atoms. The third kappa shape index (κ3) is 8.22. The van der Waals surface area contributed by atoms with Gasteiger partial charge in [0.2, 0.25) is 11.5 Å². The van der Waals surface area contributed by atoms with Gasteiger partial charge in [-0.1, -0.05) is 0 Å². The smallest absolute Gasteiger partial charge is 0.202 e. The molecule has 0 spiro atoms. The molecule has 3 aromatic rings. The molecule has 0 amide bonds. The summed E-state index contributed by atoms with van der Waals surface area (Å²) < 4.78 is 0. The number of pyridine rings is 1. The predicted molar refractivity (Wildman–Crippen MR) is 72.1 cm³/mol. The molecule has 14 heteroatoms. The van der Waals surface area contributed by atoms with Crippen molar-refractivity contribution < 1.29 is 295 Å². The summed E-state index contributed by atoms with van der Waals surface area (Å²) in [5, 5.41) is 57.0. The van der Waals surface area contributed by atoms with Crippen LogP contribution in [0.15, 0.2) is 16.9 Å². The van der Waals surface area contributed by atoms with Crippen molar-refractivity contribution in [1.29, 1.82) is 0 Å². The number of aromatic amines is 1. The molecule has 3 rings (SSSR count). The molecule has 0 atom stereocenters. The van der Waals surface area contributed by atoms with Gasteiger partial charge in [-0.05, 0) is 12.1 Å². The molecule has 6 radical (unpaired) electrons. The van der Waals surface area contributed by atoms with Gasteiger partial charge in [-0.2, -0.15) is 0 Å². The fraction of sp³-hybridized carbons (Fsp3) is 0. The van der Waals surface area contributed by atoms with E-state index in [4.69, 9.17) is 0 Å². The van der Waals surface area contributed by atoms with Gasteiger partial charge in [-0.3, -0.25) is 4.79 Å². The Morgan fingerprint density at radius 1 is 0.556 bits per heavy atom. The first-order valence-electron chi connectivity index (χ1n) is 5.70. The van der Waals surface area contributed by atoms with E-state index >= 15 is 0 Å². The molecule has 126 valence electrons. The number of phenolic OH excluding ortho intramolecular Hbond substituents is 6. The fourth-order valence-electron chi connectivity index (χ4n) is 2.17. The molecule has 0 bridgehead atoms. The van der Waals surface area contributed by atoms with Crippen LogP contribution >= 0.6 is 0 Å². The van der Waals surface area contributed by atoms with Crippen molar-refractivity contribution in [3.8, 4) is 34.5 Å². The SMILES string of the molecule is O=c1c2cc(O)c(O)c(O)c2[nH]c2c(O)c(O)c(O)cc12.[Ac].[Ac].[Ac].[Ac].[Ac].[Ac]. The molecule has 1 heterocycles. The second-order valence-electron chi connectivity index (χ2n) is 4.49. The maximum absolute atomic E-state index is 12.3. The first-order chi connectivity index (χ1) is 9.82. The van der Waals surface area contributed by atoms with Gasteiger partial charge >= 0.3 is 0 Å². The molecule has 0 aliphatic heterocycles. The summed E-state index contributed by atoms with van der Waals surface area (Å²) in [6, 6.07) is 1.87. The number of H-pyrrole nitrogens is 1. The number of aromatic nitrogens is 1. The number of hydrogen-bond donors (Lipinski definition) is 7. The van der Waals surface area contributed by atoms with E-state index in [9.17, 15) is 35.4 Å². The monoisotopic (exact) mass is 1650 g/mol. The third-order valence-corrected chi connectivity index (χ3v) is 3.25. The molecular formula is C13H9Ac6NO7. The van der Waals surface area contributed by atoms with E-state index < -0.39 is 39.9 Å². The minimum Gasteiger partial charge on any atom is -0.504 e. The Morgan fingerprint density at radius 2 is 0.852 bits per heavy atom. The van der Waals surface area contributed by atoms with Gasteiger partial charge in [0.1, 0.15) is 0 Å². The van der Waals surface area contributed by atoms with Crippen LogP contribution in [0.5, 0.6) is 34.5 Å². The van der Waals surface area contributed by atoms with Crippen molar-refractivity contribution in [2.75, 3.05) is 0 Å². The van der Waals surface area contributed by atoms with Crippen molar-refractivity contribution in [1.82, 2.24) is 4.98 Å². The van der Waals surface area contributed by atoms with Crippen LogP contribution in [0.25, 0.3) is 21.8 Å². The van der Waals surface area contributed by atoms with E-state index in [1.807, 2.05) is 0 Å². The van der Waals surface area contributed by atoms with E-state index in [2.05, 4.69) is 4.98 Å². The summed E-state index contributed by atoms with van der Waals surface area (Å²) in [6.07, 6.45) is 0. The van der Waals surface area contributed by atoms with Gasteiger partial charge < -0.3 is 35.6 Å². The number of rotatable bonds is 0. The van der Waals surface area contributed by atoms with E-state index in [1.165, 1.54) is 0 Å². The summed E-state index contributed by atoms with van der Waals surface area (Å²) in [5.41, 5.74) is -1.19. The number of hydrogen-bond acceptors (Lipinski definition) is 7. The average Bonchev–Trinajstić information content (AvgIpc) is 2.45. The van der Waals surface area contributed by atoms with Crippen LogP contribution in [0, 0.1) is 264 Å². The molecule has 0 unspecified atom stereocenters. The summed E-state index contributed by atoms with van der Waals surface area (Å²) in [7, 11) is 0. The predicted octanol–water partition coefficient (Wildman–Crippen LogP) is 0.915. The van der Waals surface area contributed by atoms with Crippen molar-refractivity contribution >= 4 is 21.8 Å². The quantitative estimate of drug-likeness (QED) is 0.131. The topological polar surface area (TPSA) is 154 Å². The standard InChI is InChI=1S/C13H9NO7.6Ac/c15-5-1-3-7(12(20)10(5)18)14-8-4(9(3)17)2-6(16)11(19)13(8)21;;;;;;/h1-2,15-16,18-21H,(H,14,17);;;;;;. The van der Waals surface area contributed by atoms with Crippen LogP contribution in [-0.4, -0.2) is 35.6 Å². The van der Waals surface area contributed by atoms with Crippen LogP contribution < -0.4 is 5.43 Å². The van der Waals surface area contributed by atoms with Gasteiger partial charge in [0.05, 0.1) is 21.8 Å². The molecule has 2 aromatic carbocycles. The van der Waals surface area contributed by atoms with Gasteiger partial charge in [0.25, 0.3) is 0 Å². The van der Waals surface area contributed by atoms with Crippen LogP contribution in [0.1, 0.15) is 0 Å². The maximum atomic E-state index is 12.3. The van der Waals surface area contributed by atoms with Gasteiger partial charge in [-0.15, -0.1) is 0 Å². The summed E-state index contributed by atoms with van der Waals surface area (Å²) >= 11 is 0. The van der Waals surface area contributed by atoms with E-state index in [0.717, 1.165) is 12.1 Å². The number of benzene rings is 2. The van der Waals surface area contributed by atoms with Crippen LogP contribution in [0.4, 0.5) is 0 Å². The van der Waals surface area contributed by atoms with Crippen molar-refractivity contribution in [2.45, 2.75) is 0 Å². The first kappa shape index (κ1) is 39.6. The first-order valence-corrected chi connectivity index (χ1v) is 5.70. The zero-order chi connectivity index (χ0) is 15.5. The van der Waals surface area contributed by atoms with Gasteiger partial charge in [-0.25, -0.2) is 0 Å². The molecule has 0 aliphatic carbocycles. The summed E-state index contributed by atoms with van der Waals surface area (Å²) in [5.74, 6) is -4.62. The molecule has 0 saturated carbocycles. The van der Waals surface area contributed by atoms with E-state index in [1.54, 1.807) is 0 Å². The Labute approximate surface area is 367 Å². The second-order valence-corrected chi connectivity index (χ2v) is 4.49. The number of phenols is 6. The van der Waals surface area contributed by atoms with E-state index in [0.29, 0.717) is 0 Å². The average molecular weight is 1650 g/mol. The third-order valence-electron chi connectivity index (χ3n) is 3.25. The fourth-order valence-corrected chi connectivity index (χ4v) is 2.17. The Balaban J connectivity index is -0.000000441. The van der Waals surface area contributed by atoms with Crippen molar-refractivity contribution in [2.24, 2.45) is 0 Å². The summed E-state index contributed by atoms with van der Waals surface area (Å²) in [6.45, 7) is 0. The Bertz CT molecular complexity index is 920. The number of aromatic hydroxyl groups is 6. The van der Waals surface area contributed by atoms with Crippen molar-refractivity contribution in [3.05, 3.63) is 22.4 Å². The molecule has 0 fully saturated rings. The number of nitrogens with one attached hydrogen (secondary N) is 1. The zero-order valence-electron chi connectivity index (χ0n) is 13.7. The second kappa shape index (κ2) is 16.9. The van der Waals surface area contributed by atoms with Gasteiger partial charge in [0.15, 0.2) is 28.4 Å². The largest absolute Gasteiger partial charge is 0.504 e. The van der Waals surface area contributed by atoms with E-state index in [-0.39, 0.29) is 286 Å². The molecule has 1 aromatic heterocycles. The molecule has 0 aliphatic rings. The Kier molecular flexibility index (Phi) is 24.8. The number of fused-ring (bicyclic) bond motifs is 2. The van der Waals surface area contributed by atoms with Crippen LogP contribution in [0.3, 0.4) is 0 Å². The Hall–Kier alpha value is 5.36. The molecule has 7 N–H and O–H groups in total. The molecule has 8 nitrogen and oxygen atoms in total. The minimum absolute atomic E-state index is 0. The van der Waals surface area contributed by atoms with Crippen LogP contribution in [0.2, 0.25) is 0 Å². The van der Waals surface area contributed by atoms with Crippen molar-refractivity contribution in [3.63, 3.8) is 0 Å². The maximum Gasteiger partial charge on any atom is 0.202 e. The minimum atomic E-state index is -0.833. The molecular weight excluding hydrogens is 1640 g/mol. The summed E-state index contributed by atoms with van der Waals surface area (Å²) in [4.78, 5) is 14.8.